The van der Waals surface area contributed by atoms with Crippen molar-refractivity contribution in [3.8, 4) is 0 Å². The van der Waals surface area contributed by atoms with Gasteiger partial charge in [0.05, 0.1) is 12.1 Å². The second kappa shape index (κ2) is 14.7. The maximum atomic E-state index is 12.9. The lowest BCUT2D eigenvalue weighted by atomic mass is 9.94. The van der Waals surface area contributed by atoms with E-state index in [1.807, 2.05) is 34.9 Å². The van der Waals surface area contributed by atoms with Crippen molar-refractivity contribution in [3.63, 3.8) is 0 Å². The average molecular weight is 659 g/mol. The highest BCUT2D eigenvalue weighted by molar-refractivity contribution is 5.90. The second-order valence-electron chi connectivity index (χ2n) is 10.8. The monoisotopic (exact) mass is 658 g/mol. The first-order valence-corrected chi connectivity index (χ1v) is 13.7. The minimum absolute atomic E-state index is 0.00542. The lowest BCUT2D eigenvalue weighted by molar-refractivity contribution is -0.193. The number of likely N-dealkylation sites (tertiary alicyclic amines) is 1. The number of aryl methyl sites for hydroxylation is 1. The number of likely N-dealkylation sites (N-methyl/N-ethyl adjacent to an activating group) is 1. The van der Waals surface area contributed by atoms with Gasteiger partial charge < -0.3 is 20.1 Å². The second-order valence-corrected chi connectivity index (χ2v) is 10.8. The van der Waals surface area contributed by atoms with Gasteiger partial charge in [-0.3, -0.25) is 14.6 Å². The van der Waals surface area contributed by atoms with Crippen LogP contribution in [-0.4, -0.2) is 90.7 Å². The minimum Gasteiger partial charge on any atom is -0.475 e. The number of aliphatic carboxylic acids is 2. The van der Waals surface area contributed by atoms with E-state index in [1.54, 1.807) is 0 Å². The van der Waals surface area contributed by atoms with Crippen LogP contribution in [0.4, 0.5) is 26.3 Å². The number of rotatable bonds is 5. The molecule has 0 bridgehead atoms. The first-order valence-electron chi connectivity index (χ1n) is 13.7. The number of aromatic nitrogens is 3. The van der Waals surface area contributed by atoms with Crippen molar-refractivity contribution in [3.05, 3.63) is 82.9 Å². The van der Waals surface area contributed by atoms with Crippen LogP contribution in [0.2, 0.25) is 0 Å². The summed E-state index contributed by atoms with van der Waals surface area (Å²) in [6.45, 7) is 7.02. The summed E-state index contributed by atoms with van der Waals surface area (Å²) in [4.78, 5) is 35.6. The number of fused-ring (bicyclic) bond motifs is 1. The zero-order valence-corrected chi connectivity index (χ0v) is 24.8. The molecule has 2 aromatic carbocycles. The number of nitrogens with zero attached hydrogens (tertiary/aromatic N) is 5. The van der Waals surface area contributed by atoms with E-state index < -0.39 is 24.3 Å². The van der Waals surface area contributed by atoms with Gasteiger partial charge in [-0.05, 0) is 31.5 Å². The van der Waals surface area contributed by atoms with Gasteiger partial charge in [-0.25, -0.2) is 9.59 Å². The van der Waals surface area contributed by atoms with Crippen molar-refractivity contribution in [2.24, 2.45) is 0 Å². The highest BCUT2D eigenvalue weighted by atomic mass is 19.4. The molecule has 1 spiro atoms. The summed E-state index contributed by atoms with van der Waals surface area (Å²) in [6.07, 6.45) is -9.10. The Hall–Kier alpha value is -4.51. The van der Waals surface area contributed by atoms with E-state index >= 15 is 0 Å². The van der Waals surface area contributed by atoms with Gasteiger partial charge in [0.1, 0.15) is 5.82 Å². The number of carbonyl (C=O) groups excluding carboxylic acids is 1. The summed E-state index contributed by atoms with van der Waals surface area (Å²) in [6, 6.07) is 18.7. The maximum absolute atomic E-state index is 12.9. The van der Waals surface area contributed by atoms with Crippen LogP contribution in [0.15, 0.2) is 54.6 Å². The van der Waals surface area contributed by atoms with Crippen LogP contribution in [-0.2, 0) is 35.8 Å². The van der Waals surface area contributed by atoms with Gasteiger partial charge in [-0.2, -0.15) is 26.3 Å². The molecule has 5 rings (SSSR count). The highest BCUT2D eigenvalue weighted by Gasteiger charge is 2.46. The number of halogens is 6. The zero-order chi connectivity index (χ0) is 34.3. The molecule has 1 saturated heterocycles. The quantitative estimate of drug-likeness (QED) is 0.349. The zero-order valence-electron chi connectivity index (χ0n) is 24.8. The van der Waals surface area contributed by atoms with Crippen molar-refractivity contribution >= 4 is 17.8 Å². The Kier molecular flexibility index (Phi) is 11.5. The molecular formula is C29H32F6N6O5. The van der Waals surface area contributed by atoms with E-state index in [1.165, 1.54) is 11.1 Å². The molecular weight excluding hydrogens is 626 g/mol. The molecule has 3 aromatic rings. The Morgan fingerprint density at radius 1 is 0.870 bits per heavy atom. The van der Waals surface area contributed by atoms with E-state index in [4.69, 9.17) is 19.8 Å². The molecule has 250 valence electrons. The molecule has 1 unspecified atom stereocenters. The number of hydrogen-bond donors (Lipinski definition) is 3. The lowest BCUT2D eigenvalue weighted by Gasteiger charge is -2.42. The van der Waals surface area contributed by atoms with E-state index in [2.05, 4.69) is 63.6 Å². The van der Waals surface area contributed by atoms with E-state index in [0.29, 0.717) is 18.9 Å². The molecule has 0 radical (unpaired) electrons. The minimum atomic E-state index is -5.08. The van der Waals surface area contributed by atoms with Crippen molar-refractivity contribution in [1.82, 2.24) is 29.9 Å². The van der Waals surface area contributed by atoms with Gasteiger partial charge in [0, 0.05) is 32.7 Å². The number of carboxylic acids is 2. The fourth-order valence-electron chi connectivity index (χ4n) is 4.91. The lowest BCUT2D eigenvalue weighted by Crippen LogP contribution is -2.55. The fourth-order valence-corrected chi connectivity index (χ4v) is 4.91. The molecule has 3 N–H and O–H groups in total. The molecule has 11 nitrogen and oxygen atoms in total. The maximum Gasteiger partial charge on any atom is 0.490 e. The Labute approximate surface area is 259 Å². The van der Waals surface area contributed by atoms with E-state index in [9.17, 15) is 31.1 Å². The summed E-state index contributed by atoms with van der Waals surface area (Å²) in [5.41, 5.74) is 3.70. The molecule has 2 aliphatic heterocycles. The summed E-state index contributed by atoms with van der Waals surface area (Å²) >= 11 is 0. The van der Waals surface area contributed by atoms with Crippen molar-refractivity contribution in [2.45, 2.75) is 57.4 Å². The van der Waals surface area contributed by atoms with Gasteiger partial charge >= 0.3 is 24.3 Å². The third-order valence-corrected chi connectivity index (χ3v) is 7.39. The Morgan fingerprint density at radius 3 is 1.98 bits per heavy atom. The predicted octanol–water partition coefficient (Wildman–Crippen LogP) is 3.87. The van der Waals surface area contributed by atoms with Crippen LogP contribution < -0.4 is 5.32 Å². The highest BCUT2D eigenvalue weighted by Crippen LogP contribution is 2.34. The van der Waals surface area contributed by atoms with E-state index in [0.717, 1.165) is 44.0 Å². The largest absolute Gasteiger partial charge is 0.490 e. The van der Waals surface area contributed by atoms with Crippen molar-refractivity contribution in [1.29, 1.82) is 0 Å². The molecule has 2 aliphatic rings. The normalized spacial score (nSPS) is 18.1. The Balaban J connectivity index is 0.000000345. The molecule has 17 heteroatoms. The van der Waals surface area contributed by atoms with Gasteiger partial charge in [0.2, 0.25) is 5.82 Å². The molecule has 46 heavy (non-hydrogen) atoms. The number of carboxylic acid groups (broad SMARTS) is 2. The molecule has 1 aromatic heterocycles. The molecule has 0 saturated carbocycles. The van der Waals surface area contributed by atoms with Crippen LogP contribution in [0.1, 0.15) is 39.6 Å². The molecule has 1 fully saturated rings. The first kappa shape index (κ1) is 36.0. The van der Waals surface area contributed by atoms with Crippen molar-refractivity contribution in [2.75, 3.05) is 20.1 Å². The third kappa shape index (κ3) is 9.74. The number of nitrogens with one attached hydrogen (secondary N) is 1. The third-order valence-electron chi connectivity index (χ3n) is 7.39. The van der Waals surface area contributed by atoms with Gasteiger partial charge in [0.25, 0.3) is 5.91 Å². The van der Waals surface area contributed by atoms with E-state index in [-0.39, 0.29) is 11.4 Å². The Morgan fingerprint density at radius 2 is 1.43 bits per heavy atom. The van der Waals surface area contributed by atoms with Gasteiger partial charge in [0.15, 0.2) is 0 Å². The topological polar surface area (TPSA) is 141 Å². The number of hydrogen-bond acceptors (Lipinski definition) is 7. The summed E-state index contributed by atoms with van der Waals surface area (Å²) < 4.78 is 65.5. The number of amides is 1. The average Bonchev–Trinajstić information content (AvgIpc) is 3.58. The van der Waals surface area contributed by atoms with Crippen LogP contribution in [0.5, 0.6) is 0 Å². The molecule has 1 amide bonds. The Bertz CT molecular complexity index is 1470. The van der Waals surface area contributed by atoms with Crippen LogP contribution in [0.3, 0.4) is 0 Å². The fraction of sp³-hybridized carbons (Fsp3) is 0.414. The molecule has 0 aliphatic carbocycles. The number of carbonyl (C=O) groups is 3. The van der Waals surface area contributed by atoms with Crippen LogP contribution in [0, 0.1) is 6.92 Å². The first-order chi connectivity index (χ1) is 21.4. The number of alkyl halides is 6. The van der Waals surface area contributed by atoms with Gasteiger partial charge in [-0.1, -0.05) is 60.2 Å². The smallest absolute Gasteiger partial charge is 0.475 e. The van der Waals surface area contributed by atoms with Gasteiger partial charge in [-0.15, -0.1) is 10.2 Å². The van der Waals surface area contributed by atoms with Crippen molar-refractivity contribution < 1.29 is 50.9 Å². The SMILES string of the molecule is Cc1ccc(CN2CCC3(C2)Cn2c(nnc2C(=O)NCc2ccccc2)CN3C)cc1.O=C(O)C(F)(F)F.O=C(O)C(F)(F)F. The molecule has 3 heterocycles. The summed E-state index contributed by atoms with van der Waals surface area (Å²) in [5.74, 6) is -4.40. The van der Waals surface area contributed by atoms with Crippen LogP contribution >= 0.6 is 0 Å². The molecule has 1 atom stereocenters. The summed E-state index contributed by atoms with van der Waals surface area (Å²) in [7, 11) is 2.17. The summed E-state index contributed by atoms with van der Waals surface area (Å²) in [5, 5.41) is 25.8. The standard InChI is InChI=1S/C25H30N6O.2C2HF3O2/c1-19-8-10-21(11-9-19)15-30-13-12-25(17-30)18-31-22(16-29(25)2)27-28-23(31)24(32)26-14-20-6-4-3-5-7-20;2*3-2(4,5)1(6)7/h3-11H,12-18H2,1-2H3,(H,26,32);2*(H,6,7). The van der Waals surface area contributed by atoms with Crippen LogP contribution in [0.25, 0.3) is 0 Å². The number of benzene rings is 2. The predicted molar refractivity (Wildman–Crippen MR) is 150 cm³/mol.